The second-order valence-corrected chi connectivity index (χ2v) is 4.86. The highest BCUT2D eigenvalue weighted by Crippen LogP contribution is 2.29. The fraction of sp³-hybridized carbons (Fsp3) is 0.357. The second-order valence-electron chi connectivity index (χ2n) is 4.86. The van der Waals surface area contributed by atoms with Crippen LogP contribution in [-0.4, -0.2) is 22.9 Å². The van der Waals surface area contributed by atoms with Crippen LogP contribution in [0.3, 0.4) is 0 Å². The fourth-order valence-corrected chi connectivity index (χ4v) is 2.02. The van der Waals surface area contributed by atoms with Crippen molar-refractivity contribution in [1.29, 1.82) is 0 Å². The summed E-state index contributed by atoms with van der Waals surface area (Å²) in [5.74, 6) is -1.61. The predicted molar refractivity (Wildman–Crippen MR) is 73.7 cm³/mol. The lowest BCUT2D eigenvalue weighted by molar-refractivity contribution is -0.122. The Balaban J connectivity index is 2.20. The summed E-state index contributed by atoms with van der Waals surface area (Å²) in [5.41, 5.74) is 0.601. The molecule has 1 fully saturated rings. The molecule has 0 atom stereocenters. The standard InChI is InChI=1S/C14H16N2O4/c1-8(17)15-10-5-6-12(11(7-10)14(19)20)16-13(18)9-3-2-4-9/h5-7,9H,2-4H2,1H3,(H,15,17)(H,16,18)(H,19,20). The summed E-state index contributed by atoms with van der Waals surface area (Å²) in [6.07, 6.45) is 2.72. The monoisotopic (exact) mass is 276 g/mol. The maximum atomic E-state index is 11.9. The van der Waals surface area contributed by atoms with Crippen molar-refractivity contribution in [3.05, 3.63) is 23.8 Å². The molecule has 0 aliphatic heterocycles. The summed E-state index contributed by atoms with van der Waals surface area (Å²) < 4.78 is 0. The molecule has 0 saturated heterocycles. The summed E-state index contributed by atoms with van der Waals surface area (Å²) >= 11 is 0. The van der Waals surface area contributed by atoms with E-state index in [-0.39, 0.29) is 29.0 Å². The molecule has 0 heterocycles. The first kappa shape index (κ1) is 14.0. The first-order valence-electron chi connectivity index (χ1n) is 6.43. The minimum absolute atomic E-state index is 0.0216. The average molecular weight is 276 g/mol. The Morgan fingerprint density at radius 1 is 1.20 bits per heavy atom. The number of aromatic carboxylic acids is 1. The quantitative estimate of drug-likeness (QED) is 0.784. The number of hydrogen-bond donors (Lipinski definition) is 3. The van der Waals surface area contributed by atoms with Crippen molar-refractivity contribution in [3.63, 3.8) is 0 Å². The molecule has 1 saturated carbocycles. The molecule has 20 heavy (non-hydrogen) atoms. The molecule has 2 amide bonds. The molecule has 1 aliphatic rings. The van der Waals surface area contributed by atoms with Gasteiger partial charge in [0.2, 0.25) is 11.8 Å². The van der Waals surface area contributed by atoms with Gasteiger partial charge >= 0.3 is 5.97 Å². The summed E-state index contributed by atoms with van der Waals surface area (Å²) in [5, 5.41) is 14.3. The Hall–Kier alpha value is -2.37. The van der Waals surface area contributed by atoms with Gasteiger partial charge in [-0.25, -0.2) is 4.79 Å². The van der Waals surface area contributed by atoms with Gasteiger partial charge in [-0.2, -0.15) is 0 Å². The zero-order valence-corrected chi connectivity index (χ0v) is 11.1. The van der Waals surface area contributed by atoms with Crippen molar-refractivity contribution in [2.24, 2.45) is 5.92 Å². The number of rotatable bonds is 4. The highest BCUT2D eigenvalue weighted by atomic mass is 16.4. The maximum Gasteiger partial charge on any atom is 0.337 e. The number of carboxylic acids is 1. The molecule has 106 valence electrons. The predicted octanol–water partition coefficient (Wildman–Crippen LogP) is 2.08. The van der Waals surface area contributed by atoms with Gasteiger partial charge in [0.05, 0.1) is 11.3 Å². The summed E-state index contributed by atoms with van der Waals surface area (Å²) in [7, 11) is 0. The average Bonchev–Trinajstić information content (AvgIpc) is 2.27. The van der Waals surface area contributed by atoms with E-state index in [0.29, 0.717) is 5.69 Å². The first-order valence-corrected chi connectivity index (χ1v) is 6.43. The fourth-order valence-electron chi connectivity index (χ4n) is 2.02. The van der Waals surface area contributed by atoms with E-state index in [0.717, 1.165) is 19.3 Å². The number of carbonyl (C=O) groups is 3. The number of anilines is 2. The van der Waals surface area contributed by atoms with Crippen LogP contribution in [0.25, 0.3) is 0 Å². The Morgan fingerprint density at radius 3 is 2.40 bits per heavy atom. The number of benzene rings is 1. The van der Waals surface area contributed by atoms with Crippen molar-refractivity contribution in [1.82, 2.24) is 0 Å². The van der Waals surface area contributed by atoms with Crippen LogP contribution in [0, 0.1) is 5.92 Å². The molecule has 0 unspecified atom stereocenters. The molecule has 0 aromatic heterocycles. The van der Waals surface area contributed by atoms with E-state index in [9.17, 15) is 19.5 Å². The number of hydrogen-bond acceptors (Lipinski definition) is 3. The first-order chi connectivity index (χ1) is 9.47. The Morgan fingerprint density at radius 2 is 1.90 bits per heavy atom. The smallest absolute Gasteiger partial charge is 0.337 e. The molecule has 6 heteroatoms. The van der Waals surface area contributed by atoms with Gasteiger partial charge in [0.25, 0.3) is 0 Å². The van der Waals surface area contributed by atoms with Crippen LogP contribution in [0.5, 0.6) is 0 Å². The minimum atomic E-state index is -1.15. The van der Waals surface area contributed by atoms with Crippen LogP contribution in [0.1, 0.15) is 36.5 Å². The largest absolute Gasteiger partial charge is 0.478 e. The van der Waals surface area contributed by atoms with Crippen molar-refractivity contribution < 1.29 is 19.5 Å². The number of amides is 2. The normalized spacial score (nSPS) is 14.2. The van der Waals surface area contributed by atoms with Gasteiger partial charge in [-0.3, -0.25) is 9.59 Å². The summed E-state index contributed by atoms with van der Waals surface area (Å²) in [6, 6.07) is 4.38. The van der Waals surface area contributed by atoms with Crippen LogP contribution in [0.2, 0.25) is 0 Å². The van der Waals surface area contributed by atoms with Crippen LogP contribution >= 0.6 is 0 Å². The molecular weight excluding hydrogens is 260 g/mol. The van der Waals surface area contributed by atoms with Crippen LogP contribution in [0.15, 0.2) is 18.2 Å². The lowest BCUT2D eigenvalue weighted by atomic mass is 9.85. The molecule has 1 aromatic carbocycles. The zero-order chi connectivity index (χ0) is 14.7. The number of nitrogens with one attached hydrogen (secondary N) is 2. The molecule has 6 nitrogen and oxygen atoms in total. The van der Waals surface area contributed by atoms with E-state index in [1.807, 2.05) is 0 Å². The third-order valence-electron chi connectivity index (χ3n) is 3.30. The molecule has 3 N–H and O–H groups in total. The Kier molecular flexibility index (Phi) is 4.02. The third-order valence-corrected chi connectivity index (χ3v) is 3.30. The van der Waals surface area contributed by atoms with E-state index >= 15 is 0 Å². The molecule has 1 aliphatic carbocycles. The van der Waals surface area contributed by atoms with Crippen LogP contribution < -0.4 is 10.6 Å². The molecule has 1 aromatic rings. The lowest BCUT2D eigenvalue weighted by Crippen LogP contribution is -2.28. The van der Waals surface area contributed by atoms with Gasteiger partial charge in [0.15, 0.2) is 0 Å². The van der Waals surface area contributed by atoms with Gasteiger partial charge in [-0.15, -0.1) is 0 Å². The topological polar surface area (TPSA) is 95.5 Å². The van der Waals surface area contributed by atoms with Gasteiger partial charge in [0.1, 0.15) is 0 Å². The van der Waals surface area contributed by atoms with Gasteiger partial charge in [0, 0.05) is 18.5 Å². The van der Waals surface area contributed by atoms with Gasteiger partial charge < -0.3 is 15.7 Å². The van der Waals surface area contributed by atoms with E-state index in [1.165, 1.54) is 19.1 Å². The third kappa shape index (κ3) is 3.14. The maximum absolute atomic E-state index is 11.9. The Bertz CT molecular complexity index is 564. The van der Waals surface area contributed by atoms with Crippen molar-refractivity contribution >= 4 is 29.2 Å². The number of carboxylic acid groups (broad SMARTS) is 1. The molecular formula is C14H16N2O4. The molecule has 0 spiro atoms. The van der Waals surface area contributed by atoms with Crippen LogP contribution in [0.4, 0.5) is 11.4 Å². The minimum Gasteiger partial charge on any atom is -0.478 e. The highest BCUT2D eigenvalue weighted by Gasteiger charge is 2.26. The van der Waals surface area contributed by atoms with Gasteiger partial charge in [-0.1, -0.05) is 6.42 Å². The van der Waals surface area contributed by atoms with E-state index in [1.54, 1.807) is 6.07 Å². The lowest BCUT2D eigenvalue weighted by Gasteiger charge is -2.24. The highest BCUT2D eigenvalue weighted by molar-refractivity contribution is 6.02. The van der Waals surface area contributed by atoms with Crippen molar-refractivity contribution in [3.8, 4) is 0 Å². The Labute approximate surface area is 116 Å². The summed E-state index contributed by atoms with van der Waals surface area (Å²) in [6.45, 7) is 1.34. The zero-order valence-electron chi connectivity index (χ0n) is 11.1. The van der Waals surface area contributed by atoms with Crippen molar-refractivity contribution in [2.75, 3.05) is 10.6 Å². The van der Waals surface area contributed by atoms with Crippen molar-refractivity contribution in [2.45, 2.75) is 26.2 Å². The summed E-state index contributed by atoms with van der Waals surface area (Å²) in [4.78, 5) is 34.1. The van der Waals surface area contributed by atoms with E-state index in [4.69, 9.17) is 0 Å². The van der Waals surface area contributed by atoms with Gasteiger partial charge in [-0.05, 0) is 31.0 Å². The molecule has 0 radical (unpaired) electrons. The molecule has 2 rings (SSSR count). The SMILES string of the molecule is CC(=O)Nc1ccc(NC(=O)C2CCC2)c(C(=O)O)c1. The van der Waals surface area contributed by atoms with E-state index in [2.05, 4.69) is 10.6 Å². The van der Waals surface area contributed by atoms with E-state index < -0.39 is 5.97 Å². The number of carbonyl (C=O) groups excluding carboxylic acids is 2. The van der Waals surface area contributed by atoms with Crippen LogP contribution in [-0.2, 0) is 9.59 Å². The second kappa shape index (κ2) is 5.73. The molecule has 0 bridgehead atoms.